The first-order chi connectivity index (χ1) is 8.33. The molecule has 3 rings (SSSR count). The number of nitrogens with two attached hydrogens (primary N) is 1. The molecule has 0 bridgehead atoms. The zero-order valence-electron chi connectivity index (χ0n) is 9.43. The van der Waals surface area contributed by atoms with E-state index >= 15 is 0 Å². The van der Waals surface area contributed by atoms with Gasteiger partial charge in [0.25, 0.3) is 0 Å². The molecule has 0 atom stereocenters. The van der Waals surface area contributed by atoms with Crippen LogP contribution in [-0.2, 0) is 0 Å². The van der Waals surface area contributed by atoms with E-state index in [1.54, 1.807) is 0 Å². The summed E-state index contributed by atoms with van der Waals surface area (Å²) in [5.74, 6) is 0. The monoisotopic (exact) mass is 219 g/mol. The molecule has 0 aliphatic heterocycles. The molecule has 1 nitrogen and oxygen atoms in total. The normalized spacial score (nSPS) is 15.2. The first kappa shape index (κ1) is 9.91. The van der Waals surface area contributed by atoms with Crippen molar-refractivity contribution in [2.75, 3.05) is 5.73 Å². The van der Waals surface area contributed by atoms with Crippen molar-refractivity contribution in [3.63, 3.8) is 0 Å². The fourth-order valence-corrected chi connectivity index (χ4v) is 2.09. The zero-order chi connectivity index (χ0) is 11.7. The molecular formula is C16H13N. The van der Waals surface area contributed by atoms with Crippen LogP contribution in [0.15, 0.2) is 54.6 Å². The summed E-state index contributed by atoms with van der Waals surface area (Å²) in [6, 6.07) is 16.4. The molecule has 0 unspecified atom stereocenters. The predicted molar refractivity (Wildman–Crippen MR) is 74.2 cm³/mol. The molecule has 0 spiro atoms. The van der Waals surface area contributed by atoms with E-state index in [2.05, 4.69) is 36.4 Å². The fraction of sp³-hybridized carbons (Fsp3) is 0. The molecule has 1 aliphatic carbocycles. The number of rotatable bonds is 1. The number of allylic oxidation sites excluding steroid dienone is 2. The third-order valence-electron chi connectivity index (χ3n) is 2.95. The standard InChI is InChI=1S/C16H13N/c17-15-9-8-13-6-7-14(16(13)11-15)10-12-4-2-1-3-5-12/h1-11H,17H2/b14-10+. The summed E-state index contributed by atoms with van der Waals surface area (Å²) in [7, 11) is 0. The molecule has 0 aromatic heterocycles. The highest BCUT2D eigenvalue weighted by molar-refractivity contribution is 5.98. The van der Waals surface area contributed by atoms with Gasteiger partial charge in [-0.1, -0.05) is 48.6 Å². The molecule has 0 radical (unpaired) electrons. The SMILES string of the molecule is Nc1ccc2c(c1)/C(=C/c1ccccc1)C=C2. The van der Waals surface area contributed by atoms with E-state index in [1.165, 1.54) is 22.3 Å². The molecule has 1 heteroatoms. The van der Waals surface area contributed by atoms with Crippen molar-refractivity contribution in [3.8, 4) is 0 Å². The smallest absolute Gasteiger partial charge is 0.0320 e. The van der Waals surface area contributed by atoms with E-state index in [4.69, 9.17) is 5.73 Å². The van der Waals surface area contributed by atoms with Crippen LogP contribution in [0.25, 0.3) is 17.7 Å². The molecule has 0 saturated heterocycles. The summed E-state index contributed by atoms with van der Waals surface area (Å²) in [6.07, 6.45) is 6.45. The third-order valence-corrected chi connectivity index (χ3v) is 2.95. The highest BCUT2D eigenvalue weighted by atomic mass is 14.5. The highest BCUT2D eigenvalue weighted by Gasteiger charge is 2.10. The van der Waals surface area contributed by atoms with Crippen molar-refractivity contribution in [1.82, 2.24) is 0 Å². The largest absolute Gasteiger partial charge is 0.399 e. The Kier molecular flexibility index (Phi) is 2.30. The maximum atomic E-state index is 5.83. The van der Waals surface area contributed by atoms with Crippen LogP contribution in [0.3, 0.4) is 0 Å². The Bertz CT molecular complexity index is 607. The topological polar surface area (TPSA) is 26.0 Å². The summed E-state index contributed by atoms with van der Waals surface area (Å²) in [6.45, 7) is 0. The van der Waals surface area contributed by atoms with Gasteiger partial charge in [-0.15, -0.1) is 0 Å². The van der Waals surface area contributed by atoms with Crippen molar-refractivity contribution in [2.24, 2.45) is 0 Å². The van der Waals surface area contributed by atoms with Crippen LogP contribution in [0.4, 0.5) is 5.69 Å². The van der Waals surface area contributed by atoms with Gasteiger partial charge in [-0.25, -0.2) is 0 Å². The second-order valence-corrected chi connectivity index (χ2v) is 4.19. The Labute approximate surface area is 101 Å². The Morgan fingerprint density at radius 3 is 2.53 bits per heavy atom. The third kappa shape index (κ3) is 1.87. The van der Waals surface area contributed by atoms with Crippen molar-refractivity contribution in [3.05, 3.63) is 71.3 Å². The van der Waals surface area contributed by atoms with E-state index in [-0.39, 0.29) is 0 Å². The van der Waals surface area contributed by atoms with Gasteiger partial charge in [-0.3, -0.25) is 0 Å². The summed E-state index contributed by atoms with van der Waals surface area (Å²) in [5.41, 5.74) is 11.5. The van der Waals surface area contributed by atoms with E-state index < -0.39 is 0 Å². The highest BCUT2D eigenvalue weighted by Crippen LogP contribution is 2.31. The Balaban J connectivity index is 2.07. The quantitative estimate of drug-likeness (QED) is 0.724. The predicted octanol–water partition coefficient (Wildman–Crippen LogP) is 3.84. The lowest BCUT2D eigenvalue weighted by atomic mass is 10.0. The van der Waals surface area contributed by atoms with Gasteiger partial charge in [0.2, 0.25) is 0 Å². The van der Waals surface area contributed by atoms with Crippen LogP contribution >= 0.6 is 0 Å². The van der Waals surface area contributed by atoms with Gasteiger partial charge in [-0.05, 0) is 40.5 Å². The number of hydrogen-bond donors (Lipinski definition) is 1. The van der Waals surface area contributed by atoms with E-state index in [1.807, 2.05) is 30.3 Å². The molecular weight excluding hydrogens is 206 g/mol. The molecule has 0 amide bonds. The molecule has 0 saturated carbocycles. The molecule has 82 valence electrons. The van der Waals surface area contributed by atoms with Gasteiger partial charge < -0.3 is 5.73 Å². The molecule has 17 heavy (non-hydrogen) atoms. The maximum Gasteiger partial charge on any atom is 0.0320 e. The van der Waals surface area contributed by atoms with Gasteiger partial charge in [0.15, 0.2) is 0 Å². The summed E-state index contributed by atoms with van der Waals surface area (Å²) in [4.78, 5) is 0. The summed E-state index contributed by atoms with van der Waals surface area (Å²) >= 11 is 0. The van der Waals surface area contributed by atoms with Gasteiger partial charge in [-0.2, -0.15) is 0 Å². The lowest BCUT2D eigenvalue weighted by Crippen LogP contribution is -1.87. The lowest BCUT2D eigenvalue weighted by molar-refractivity contribution is 1.60. The van der Waals surface area contributed by atoms with Gasteiger partial charge in [0, 0.05) is 5.69 Å². The molecule has 2 aromatic carbocycles. The van der Waals surface area contributed by atoms with Crippen molar-refractivity contribution >= 4 is 23.4 Å². The second kappa shape index (κ2) is 3.95. The van der Waals surface area contributed by atoms with Crippen LogP contribution < -0.4 is 5.73 Å². The van der Waals surface area contributed by atoms with Crippen LogP contribution in [-0.4, -0.2) is 0 Å². The fourth-order valence-electron chi connectivity index (χ4n) is 2.09. The number of benzene rings is 2. The van der Waals surface area contributed by atoms with Crippen LogP contribution in [0.2, 0.25) is 0 Å². The molecule has 0 heterocycles. The van der Waals surface area contributed by atoms with E-state index in [9.17, 15) is 0 Å². The first-order valence-corrected chi connectivity index (χ1v) is 5.68. The number of fused-ring (bicyclic) bond motifs is 1. The zero-order valence-corrected chi connectivity index (χ0v) is 9.43. The summed E-state index contributed by atoms with van der Waals surface area (Å²) in [5, 5.41) is 0. The number of anilines is 1. The molecule has 2 N–H and O–H groups in total. The van der Waals surface area contributed by atoms with E-state index in [0.29, 0.717) is 0 Å². The molecule has 2 aromatic rings. The number of nitrogen functional groups attached to an aromatic ring is 1. The minimum absolute atomic E-state index is 0.811. The van der Waals surface area contributed by atoms with Crippen molar-refractivity contribution in [1.29, 1.82) is 0 Å². The summed E-state index contributed by atoms with van der Waals surface area (Å²) < 4.78 is 0. The van der Waals surface area contributed by atoms with Gasteiger partial charge in [0.05, 0.1) is 0 Å². The van der Waals surface area contributed by atoms with E-state index in [0.717, 1.165) is 5.69 Å². The molecule has 0 fully saturated rings. The molecule has 1 aliphatic rings. The minimum atomic E-state index is 0.811. The number of hydrogen-bond acceptors (Lipinski definition) is 1. The van der Waals surface area contributed by atoms with Crippen molar-refractivity contribution < 1.29 is 0 Å². The minimum Gasteiger partial charge on any atom is -0.399 e. The average Bonchev–Trinajstić information content (AvgIpc) is 2.73. The Morgan fingerprint density at radius 2 is 1.71 bits per heavy atom. The maximum absolute atomic E-state index is 5.83. The van der Waals surface area contributed by atoms with Crippen LogP contribution in [0.1, 0.15) is 16.7 Å². The first-order valence-electron chi connectivity index (χ1n) is 5.68. The van der Waals surface area contributed by atoms with Crippen LogP contribution in [0, 0.1) is 0 Å². The van der Waals surface area contributed by atoms with Gasteiger partial charge >= 0.3 is 0 Å². The lowest BCUT2D eigenvalue weighted by Gasteiger charge is -2.03. The Morgan fingerprint density at radius 1 is 0.882 bits per heavy atom. The second-order valence-electron chi connectivity index (χ2n) is 4.19. The average molecular weight is 219 g/mol. The van der Waals surface area contributed by atoms with Crippen molar-refractivity contribution in [2.45, 2.75) is 0 Å². The van der Waals surface area contributed by atoms with Gasteiger partial charge in [0.1, 0.15) is 0 Å². The van der Waals surface area contributed by atoms with Crippen LogP contribution in [0.5, 0.6) is 0 Å². The Hall–Kier alpha value is -2.28.